The van der Waals surface area contributed by atoms with Gasteiger partial charge in [-0.2, -0.15) is 0 Å². The van der Waals surface area contributed by atoms with Crippen LogP contribution in [0.1, 0.15) is 12.0 Å². The maximum atomic E-state index is 5.43. The molecule has 1 aliphatic rings. The van der Waals surface area contributed by atoms with E-state index in [9.17, 15) is 0 Å². The first-order valence-electron chi connectivity index (χ1n) is 5.08. The van der Waals surface area contributed by atoms with Crippen molar-refractivity contribution in [1.82, 2.24) is 0 Å². The highest BCUT2D eigenvalue weighted by atomic mass is 16.6. The van der Waals surface area contributed by atoms with E-state index in [0.717, 1.165) is 19.4 Å². The van der Waals surface area contributed by atoms with Crippen LogP contribution in [-0.2, 0) is 15.9 Å². The van der Waals surface area contributed by atoms with Gasteiger partial charge in [-0.05, 0) is 18.4 Å². The van der Waals surface area contributed by atoms with Crippen LogP contribution in [0.5, 0.6) is 0 Å². The summed E-state index contributed by atoms with van der Waals surface area (Å²) in [6, 6.07) is 10.5. The summed E-state index contributed by atoms with van der Waals surface area (Å²) in [6.45, 7) is 0.760. The van der Waals surface area contributed by atoms with E-state index in [2.05, 4.69) is 24.3 Å². The molecule has 1 heterocycles. The van der Waals surface area contributed by atoms with Gasteiger partial charge in [0.1, 0.15) is 6.10 Å². The van der Waals surface area contributed by atoms with Crippen molar-refractivity contribution >= 4 is 0 Å². The Labute approximate surface area is 84.8 Å². The number of benzene rings is 1. The minimum absolute atomic E-state index is 0.306. The van der Waals surface area contributed by atoms with Gasteiger partial charge in [-0.25, -0.2) is 0 Å². The summed E-state index contributed by atoms with van der Waals surface area (Å²) in [5.74, 6) is 0. The summed E-state index contributed by atoms with van der Waals surface area (Å²) in [7, 11) is 1.75. The van der Waals surface area contributed by atoms with Gasteiger partial charge in [0.2, 0.25) is 0 Å². The molecule has 0 unspecified atom stereocenters. The van der Waals surface area contributed by atoms with Gasteiger partial charge in [0.05, 0.1) is 12.7 Å². The Kier molecular flexibility index (Phi) is 3.17. The maximum absolute atomic E-state index is 5.43. The molecule has 76 valence electrons. The minimum Gasteiger partial charge on any atom is -0.376 e. The Hall–Kier alpha value is -0.860. The summed E-state index contributed by atoms with van der Waals surface area (Å²) >= 11 is 0. The van der Waals surface area contributed by atoms with Gasteiger partial charge >= 0.3 is 0 Å². The SMILES string of the molecule is CO[C@H]1CO[C@H]1CCc1ccccc1. The fourth-order valence-electron chi connectivity index (χ4n) is 1.75. The molecule has 1 aliphatic heterocycles. The first-order valence-corrected chi connectivity index (χ1v) is 5.08. The molecule has 1 saturated heterocycles. The Morgan fingerprint density at radius 1 is 1.36 bits per heavy atom. The number of rotatable bonds is 4. The van der Waals surface area contributed by atoms with Crippen molar-refractivity contribution in [2.75, 3.05) is 13.7 Å². The number of hydrogen-bond acceptors (Lipinski definition) is 2. The molecule has 2 heteroatoms. The van der Waals surface area contributed by atoms with Gasteiger partial charge in [0.25, 0.3) is 0 Å². The summed E-state index contributed by atoms with van der Waals surface area (Å²) in [4.78, 5) is 0. The Balaban J connectivity index is 1.78. The molecule has 0 aromatic heterocycles. The minimum atomic E-state index is 0.306. The fourth-order valence-corrected chi connectivity index (χ4v) is 1.75. The molecule has 14 heavy (non-hydrogen) atoms. The van der Waals surface area contributed by atoms with E-state index in [1.54, 1.807) is 7.11 Å². The predicted molar refractivity (Wildman–Crippen MR) is 55.3 cm³/mol. The topological polar surface area (TPSA) is 18.5 Å². The second-order valence-electron chi connectivity index (χ2n) is 3.67. The third-order valence-corrected chi connectivity index (χ3v) is 2.75. The zero-order chi connectivity index (χ0) is 9.80. The van der Waals surface area contributed by atoms with E-state index < -0.39 is 0 Å². The van der Waals surface area contributed by atoms with Gasteiger partial charge in [-0.3, -0.25) is 0 Å². The van der Waals surface area contributed by atoms with Crippen LogP contribution >= 0.6 is 0 Å². The van der Waals surface area contributed by atoms with Crippen molar-refractivity contribution in [2.45, 2.75) is 25.0 Å². The van der Waals surface area contributed by atoms with Crippen molar-refractivity contribution in [3.8, 4) is 0 Å². The van der Waals surface area contributed by atoms with Crippen molar-refractivity contribution < 1.29 is 9.47 Å². The van der Waals surface area contributed by atoms with Gasteiger partial charge in [-0.15, -0.1) is 0 Å². The van der Waals surface area contributed by atoms with Crippen molar-refractivity contribution in [3.63, 3.8) is 0 Å². The highest BCUT2D eigenvalue weighted by Gasteiger charge is 2.31. The summed E-state index contributed by atoms with van der Waals surface area (Å²) in [6.07, 6.45) is 2.76. The molecule has 0 N–H and O–H groups in total. The van der Waals surface area contributed by atoms with E-state index in [0.29, 0.717) is 12.2 Å². The Morgan fingerprint density at radius 2 is 2.14 bits per heavy atom. The number of aryl methyl sites for hydroxylation is 1. The molecular weight excluding hydrogens is 176 g/mol. The van der Waals surface area contributed by atoms with E-state index in [4.69, 9.17) is 9.47 Å². The monoisotopic (exact) mass is 192 g/mol. The molecule has 1 aromatic rings. The molecule has 0 bridgehead atoms. The van der Waals surface area contributed by atoms with Gasteiger partial charge in [-0.1, -0.05) is 30.3 Å². The van der Waals surface area contributed by atoms with Gasteiger partial charge in [0, 0.05) is 7.11 Å². The second kappa shape index (κ2) is 4.58. The van der Waals surface area contributed by atoms with E-state index in [1.165, 1.54) is 5.56 Å². The molecule has 0 radical (unpaired) electrons. The molecule has 2 rings (SSSR count). The molecule has 1 fully saturated rings. The lowest BCUT2D eigenvalue weighted by atomic mass is 10.0. The van der Waals surface area contributed by atoms with Crippen LogP contribution in [0.25, 0.3) is 0 Å². The van der Waals surface area contributed by atoms with Gasteiger partial charge < -0.3 is 9.47 Å². The van der Waals surface area contributed by atoms with Crippen LogP contribution in [0.15, 0.2) is 30.3 Å². The molecule has 2 atom stereocenters. The van der Waals surface area contributed by atoms with E-state index >= 15 is 0 Å². The van der Waals surface area contributed by atoms with Crippen molar-refractivity contribution in [1.29, 1.82) is 0 Å². The lowest BCUT2D eigenvalue weighted by Crippen LogP contribution is -2.46. The zero-order valence-corrected chi connectivity index (χ0v) is 8.48. The molecule has 1 aromatic carbocycles. The number of hydrogen-bond donors (Lipinski definition) is 0. The third kappa shape index (κ3) is 2.14. The number of methoxy groups -OCH3 is 1. The maximum Gasteiger partial charge on any atom is 0.107 e. The quantitative estimate of drug-likeness (QED) is 0.726. The van der Waals surface area contributed by atoms with E-state index in [1.807, 2.05) is 6.07 Å². The molecule has 0 aliphatic carbocycles. The fraction of sp³-hybridized carbons (Fsp3) is 0.500. The highest BCUT2D eigenvalue weighted by molar-refractivity contribution is 5.14. The van der Waals surface area contributed by atoms with Crippen LogP contribution in [0, 0.1) is 0 Å². The molecule has 0 spiro atoms. The average Bonchev–Trinajstić information content (AvgIpc) is 2.19. The lowest BCUT2D eigenvalue weighted by molar-refractivity contribution is -0.177. The van der Waals surface area contributed by atoms with Gasteiger partial charge in [0.15, 0.2) is 0 Å². The van der Waals surface area contributed by atoms with Crippen LogP contribution in [0.3, 0.4) is 0 Å². The highest BCUT2D eigenvalue weighted by Crippen LogP contribution is 2.20. The normalized spacial score (nSPS) is 25.8. The second-order valence-corrected chi connectivity index (χ2v) is 3.67. The number of ether oxygens (including phenoxy) is 2. The summed E-state index contributed by atoms with van der Waals surface area (Å²) in [5.41, 5.74) is 1.37. The average molecular weight is 192 g/mol. The third-order valence-electron chi connectivity index (χ3n) is 2.75. The van der Waals surface area contributed by atoms with Crippen LogP contribution in [-0.4, -0.2) is 25.9 Å². The summed E-state index contributed by atoms with van der Waals surface area (Å²) < 4.78 is 10.7. The Bertz CT molecular complexity index is 269. The zero-order valence-electron chi connectivity index (χ0n) is 8.48. The Morgan fingerprint density at radius 3 is 2.71 bits per heavy atom. The lowest BCUT2D eigenvalue weighted by Gasteiger charge is -2.35. The van der Waals surface area contributed by atoms with Crippen LogP contribution in [0.2, 0.25) is 0 Å². The standard InChI is InChI=1S/C12H16O2/c1-13-12-9-14-11(12)8-7-10-5-3-2-4-6-10/h2-6,11-12H,7-9H2,1H3/t11-,12-/m0/s1. The van der Waals surface area contributed by atoms with Crippen molar-refractivity contribution in [3.05, 3.63) is 35.9 Å². The predicted octanol–water partition coefficient (Wildman–Crippen LogP) is 2.03. The largest absolute Gasteiger partial charge is 0.376 e. The molecular formula is C12H16O2. The summed E-state index contributed by atoms with van der Waals surface area (Å²) in [5, 5.41) is 0. The first kappa shape index (κ1) is 9.69. The van der Waals surface area contributed by atoms with Crippen LogP contribution < -0.4 is 0 Å². The smallest absolute Gasteiger partial charge is 0.107 e. The van der Waals surface area contributed by atoms with E-state index in [-0.39, 0.29) is 0 Å². The first-order chi connectivity index (χ1) is 6.90. The van der Waals surface area contributed by atoms with Crippen LogP contribution in [0.4, 0.5) is 0 Å². The molecule has 0 amide bonds. The molecule has 2 nitrogen and oxygen atoms in total. The van der Waals surface area contributed by atoms with Crippen molar-refractivity contribution in [2.24, 2.45) is 0 Å². The molecule has 0 saturated carbocycles.